The highest BCUT2D eigenvalue weighted by Crippen LogP contribution is 2.36. The fourth-order valence-corrected chi connectivity index (χ4v) is 4.76. The van der Waals surface area contributed by atoms with E-state index < -0.39 is 0 Å². The molecule has 0 bridgehead atoms. The number of halogens is 2. The summed E-state index contributed by atoms with van der Waals surface area (Å²) < 4.78 is 11.7. The van der Waals surface area contributed by atoms with E-state index in [1.54, 1.807) is 30.3 Å². The number of aryl methyl sites for hydroxylation is 1. The fraction of sp³-hybridized carbons (Fsp3) is 0.185. The van der Waals surface area contributed by atoms with E-state index in [4.69, 9.17) is 32.7 Å². The van der Waals surface area contributed by atoms with Crippen molar-refractivity contribution in [1.29, 1.82) is 0 Å². The number of ether oxygens (including phenoxy) is 2. The van der Waals surface area contributed by atoms with E-state index in [-0.39, 0.29) is 24.3 Å². The summed E-state index contributed by atoms with van der Waals surface area (Å²) in [6.45, 7) is 4.80. The van der Waals surface area contributed by atoms with Gasteiger partial charge in [-0.25, -0.2) is 0 Å². The minimum absolute atomic E-state index is 0.243. The second-order valence-corrected chi connectivity index (χ2v) is 9.75. The predicted octanol–water partition coefficient (Wildman–Crippen LogP) is 7.52. The number of imide groups is 1. The van der Waals surface area contributed by atoms with Crippen molar-refractivity contribution in [2.24, 2.45) is 0 Å². The molecule has 35 heavy (non-hydrogen) atoms. The Morgan fingerprint density at radius 3 is 2.43 bits per heavy atom. The molecule has 0 saturated carbocycles. The van der Waals surface area contributed by atoms with Crippen molar-refractivity contribution in [3.63, 3.8) is 0 Å². The van der Waals surface area contributed by atoms with Gasteiger partial charge in [0, 0.05) is 15.6 Å². The Labute approximate surface area is 218 Å². The molecule has 0 aromatic heterocycles. The summed E-state index contributed by atoms with van der Waals surface area (Å²) in [5.74, 6) is 0.768. The number of thioether (sulfide) groups is 1. The van der Waals surface area contributed by atoms with Gasteiger partial charge in [0.05, 0.1) is 18.1 Å². The van der Waals surface area contributed by atoms with Gasteiger partial charge in [-0.05, 0) is 67.1 Å². The summed E-state index contributed by atoms with van der Waals surface area (Å²) in [6.07, 6.45) is 1.70. The molecule has 8 heteroatoms. The van der Waals surface area contributed by atoms with Crippen LogP contribution in [0.3, 0.4) is 0 Å². The number of nitrogens with zero attached hydrogens (tertiary/aromatic N) is 1. The fourth-order valence-electron chi connectivity index (χ4n) is 3.46. The van der Waals surface area contributed by atoms with Crippen LogP contribution in [0.1, 0.15) is 29.2 Å². The lowest BCUT2D eigenvalue weighted by Crippen LogP contribution is -2.27. The van der Waals surface area contributed by atoms with Crippen LogP contribution < -0.4 is 9.47 Å². The van der Waals surface area contributed by atoms with Crippen molar-refractivity contribution in [2.45, 2.75) is 27.0 Å². The lowest BCUT2D eigenvalue weighted by molar-refractivity contribution is -0.123. The van der Waals surface area contributed by atoms with Crippen LogP contribution in [0, 0.1) is 6.92 Å². The van der Waals surface area contributed by atoms with E-state index in [1.807, 2.05) is 50.2 Å². The van der Waals surface area contributed by atoms with Gasteiger partial charge in [-0.1, -0.05) is 65.2 Å². The molecule has 1 fully saturated rings. The highest BCUT2D eigenvalue weighted by Gasteiger charge is 2.35. The van der Waals surface area contributed by atoms with E-state index in [0.29, 0.717) is 33.1 Å². The molecular formula is C27H23Cl2NO4S. The van der Waals surface area contributed by atoms with Crippen molar-refractivity contribution in [1.82, 2.24) is 4.90 Å². The zero-order chi connectivity index (χ0) is 24.9. The Bertz CT molecular complexity index is 1290. The van der Waals surface area contributed by atoms with Crippen LogP contribution in [-0.4, -0.2) is 22.7 Å². The number of rotatable bonds is 8. The second-order valence-electron chi connectivity index (χ2n) is 7.92. The maximum atomic E-state index is 12.9. The van der Waals surface area contributed by atoms with Gasteiger partial charge in [-0.3, -0.25) is 14.5 Å². The molecule has 2 amide bonds. The SMILES string of the molecule is CCOc1cc(/C=C2\SC(=O)N(Cc3ccc(C)cc3)C2=O)ccc1OCc1ccc(Cl)cc1Cl. The molecule has 0 atom stereocenters. The van der Waals surface area contributed by atoms with Gasteiger partial charge in [0.15, 0.2) is 11.5 Å². The molecule has 0 spiro atoms. The summed E-state index contributed by atoms with van der Waals surface area (Å²) in [4.78, 5) is 27.1. The number of amides is 2. The van der Waals surface area contributed by atoms with Crippen molar-refractivity contribution >= 4 is 52.2 Å². The van der Waals surface area contributed by atoms with Crippen LogP contribution in [0.5, 0.6) is 11.5 Å². The minimum atomic E-state index is -0.309. The smallest absolute Gasteiger partial charge is 0.293 e. The molecule has 1 heterocycles. The predicted molar refractivity (Wildman–Crippen MR) is 141 cm³/mol. The Balaban J connectivity index is 1.50. The van der Waals surface area contributed by atoms with Crippen molar-refractivity contribution in [3.05, 3.63) is 97.9 Å². The van der Waals surface area contributed by atoms with Crippen molar-refractivity contribution < 1.29 is 19.1 Å². The first-order valence-electron chi connectivity index (χ1n) is 11.0. The molecule has 4 rings (SSSR count). The molecule has 3 aromatic carbocycles. The van der Waals surface area contributed by atoms with Gasteiger partial charge >= 0.3 is 0 Å². The lowest BCUT2D eigenvalue weighted by atomic mass is 10.1. The largest absolute Gasteiger partial charge is 0.490 e. The molecule has 1 aliphatic heterocycles. The molecular weight excluding hydrogens is 505 g/mol. The third-order valence-corrected chi connectivity index (χ3v) is 6.79. The van der Waals surface area contributed by atoms with Crippen LogP contribution in [0.15, 0.2) is 65.6 Å². The van der Waals surface area contributed by atoms with Gasteiger partial charge < -0.3 is 9.47 Å². The number of benzene rings is 3. The molecule has 180 valence electrons. The maximum absolute atomic E-state index is 12.9. The standard InChI is InChI=1S/C27H23Cl2NO4S/c1-3-33-24-12-19(8-11-23(24)34-16-20-9-10-21(28)14-22(20)29)13-25-26(31)30(27(32)35-25)15-18-6-4-17(2)5-7-18/h4-14H,3,15-16H2,1-2H3/b25-13-. The highest BCUT2D eigenvalue weighted by atomic mass is 35.5. The molecule has 0 aliphatic carbocycles. The number of carbonyl (C=O) groups excluding carboxylic acids is 2. The number of hydrogen-bond acceptors (Lipinski definition) is 5. The third kappa shape index (κ3) is 6.20. The Kier molecular flexibility index (Phi) is 8.06. The summed E-state index contributed by atoms with van der Waals surface area (Å²) >= 11 is 13.1. The quantitative estimate of drug-likeness (QED) is 0.283. The molecule has 0 unspecified atom stereocenters. The summed E-state index contributed by atoms with van der Waals surface area (Å²) in [6, 6.07) is 18.4. The minimum Gasteiger partial charge on any atom is -0.490 e. The van der Waals surface area contributed by atoms with Gasteiger partial charge in [-0.15, -0.1) is 0 Å². The van der Waals surface area contributed by atoms with E-state index in [1.165, 1.54) is 4.90 Å². The summed E-state index contributed by atoms with van der Waals surface area (Å²) in [5, 5.41) is 0.793. The Morgan fingerprint density at radius 1 is 0.943 bits per heavy atom. The van der Waals surface area contributed by atoms with Gasteiger partial charge in [-0.2, -0.15) is 0 Å². The first-order valence-corrected chi connectivity index (χ1v) is 12.6. The molecule has 0 N–H and O–H groups in total. The molecule has 0 radical (unpaired) electrons. The van der Waals surface area contributed by atoms with E-state index in [9.17, 15) is 9.59 Å². The van der Waals surface area contributed by atoms with Crippen LogP contribution in [0.25, 0.3) is 6.08 Å². The first-order chi connectivity index (χ1) is 16.8. The highest BCUT2D eigenvalue weighted by molar-refractivity contribution is 8.18. The van der Waals surface area contributed by atoms with Crippen LogP contribution in [-0.2, 0) is 17.9 Å². The van der Waals surface area contributed by atoms with Crippen LogP contribution in [0.4, 0.5) is 4.79 Å². The topological polar surface area (TPSA) is 55.8 Å². The first kappa shape index (κ1) is 25.2. The second kappa shape index (κ2) is 11.2. The Morgan fingerprint density at radius 2 is 1.71 bits per heavy atom. The average molecular weight is 528 g/mol. The van der Waals surface area contributed by atoms with Gasteiger partial charge in [0.2, 0.25) is 0 Å². The van der Waals surface area contributed by atoms with E-state index in [0.717, 1.165) is 34.0 Å². The maximum Gasteiger partial charge on any atom is 0.293 e. The normalized spacial score (nSPS) is 14.6. The number of hydrogen-bond donors (Lipinski definition) is 0. The average Bonchev–Trinajstić information content (AvgIpc) is 3.08. The summed E-state index contributed by atoms with van der Waals surface area (Å²) in [7, 11) is 0. The zero-order valence-corrected chi connectivity index (χ0v) is 21.5. The molecule has 5 nitrogen and oxygen atoms in total. The Hall–Kier alpha value is -2.93. The van der Waals surface area contributed by atoms with Crippen molar-refractivity contribution in [2.75, 3.05) is 6.61 Å². The lowest BCUT2D eigenvalue weighted by Gasteiger charge is -2.14. The number of carbonyl (C=O) groups is 2. The zero-order valence-electron chi connectivity index (χ0n) is 19.2. The third-order valence-electron chi connectivity index (χ3n) is 5.30. The van der Waals surface area contributed by atoms with E-state index in [2.05, 4.69) is 0 Å². The van der Waals surface area contributed by atoms with Gasteiger partial charge in [0.25, 0.3) is 11.1 Å². The van der Waals surface area contributed by atoms with Crippen LogP contribution >= 0.6 is 35.0 Å². The molecule has 1 aliphatic rings. The van der Waals surface area contributed by atoms with Crippen LogP contribution in [0.2, 0.25) is 10.0 Å². The van der Waals surface area contributed by atoms with Gasteiger partial charge in [0.1, 0.15) is 6.61 Å². The van der Waals surface area contributed by atoms with E-state index >= 15 is 0 Å². The monoisotopic (exact) mass is 527 g/mol. The molecule has 1 saturated heterocycles. The van der Waals surface area contributed by atoms with Crippen molar-refractivity contribution in [3.8, 4) is 11.5 Å². The molecule has 3 aromatic rings. The summed E-state index contributed by atoms with van der Waals surface area (Å²) in [5.41, 5.74) is 3.55.